The average molecular weight is 415 g/mol. The highest BCUT2D eigenvalue weighted by atomic mass is 32.1. The van der Waals surface area contributed by atoms with Crippen molar-refractivity contribution >= 4 is 33.9 Å². The minimum atomic E-state index is -4.83. The molecular formula is C17H20F3N5O2S. The number of azo groups is 1. The maximum atomic E-state index is 12.6. The Labute approximate surface area is 164 Å². The van der Waals surface area contributed by atoms with Crippen molar-refractivity contribution in [2.45, 2.75) is 32.8 Å². The van der Waals surface area contributed by atoms with Gasteiger partial charge in [-0.05, 0) is 49.2 Å². The molecule has 28 heavy (non-hydrogen) atoms. The second-order valence-corrected chi connectivity index (χ2v) is 7.23. The highest BCUT2D eigenvalue weighted by Gasteiger charge is 2.31. The van der Waals surface area contributed by atoms with E-state index in [-0.39, 0.29) is 22.1 Å². The van der Waals surface area contributed by atoms with Gasteiger partial charge in [0, 0.05) is 18.5 Å². The molecule has 1 fully saturated rings. The third-order valence-corrected chi connectivity index (χ3v) is 4.76. The third-order valence-electron chi connectivity index (χ3n) is 4.68. The van der Waals surface area contributed by atoms with Gasteiger partial charge in [0.1, 0.15) is 5.75 Å². The van der Waals surface area contributed by atoms with Crippen molar-refractivity contribution in [3.8, 4) is 11.6 Å². The molecule has 0 unspecified atom stereocenters. The van der Waals surface area contributed by atoms with Gasteiger partial charge in [-0.2, -0.15) is 0 Å². The highest BCUT2D eigenvalue weighted by Crippen LogP contribution is 2.41. The maximum absolute atomic E-state index is 12.6. The van der Waals surface area contributed by atoms with E-state index < -0.39 is 12.1 Å². The predicted octanol–water partition coefficient (Wildman–Crippen LogP) is 4.26. The van der Waals surface area contributed by atoms with E-state index in [1.807, 2.05) is 0 Å². The molecule has 0 radical (unpaired) electrons. The molecule has 3 rings (SSSR count). The van der Waals surface area contributed by atoms with Crippen molar-refractivity contribution in [2.24, 2.45) is 21.9 Å². The van der Waals surface area contributed by atoms with Crippen LogP contribution in [0.25, 0.3) is 10.9 Å². The van der Waals surface area contributed by atoms with E-state index in [2.05, 4.69) is 39.0 Å². The Morgan fingerprint density at radius 2 is 2.04 bits per heavy atom. The van der Waals surface area contributed by atoms with E-state index >= 15 is 0 Å². The fourth-order valence-corrected chi connectivity index (χ4v) is 3.29. The van der Waals surface area contributed by atoms with Gasteiger partial charge < -0.3 is 15.6 Å². The SMILES string of the molecule is CC1CCN(Cn2c(O)c(N=NC(N)=S)c3cc(OC(F)(F)F)ccc32)CC1. The summed E-state index contributed by atoms with van der Waals surface area (Å²) in [5.74, 6) is -0.00300. The number of nitrogens with zero attached hydrogens (tertiary/aromatic N) is 4. The first-order chi connectivity index (χ1) is 13.1. The quantitative estimate of drug-likeness (QED) is 0.575. The molecule has 1 aromatic carbocycles. The van der Waals surface area contributed by atoms with Gasteiger partial charge in [0.25, 0.3) is 0 Å². The number of hydrogen-bond acceptors (Lipinski definition) is 5. The predicted molar refractivity (Wildman–Crippen MR) is 102 cm³/mol. The van der Waals surface area contributed by atoms with Crippen LogP contribution in [-0.2, 0) is 6.67 Å². The van der Waals surface area contributed by atoms with E-state index in [1.54, 1.807) is 4.57 Å². The van der Waals surface area contributed by atoms with Crippen molar-refractivity contribution in [1.29, 1.82) is 0 Å². The lowest BCUT2D eigenvalue weighted by atomic mass is 10.00. The largest absolute Gasteiger partial charge is 0.573 e. The van der Waals surface area contributed by atoms with Gasteiger partial charge in [-0.3, -0.25) is 9.47 Å². The molecule has 3 N–H and O–H groups in total. The Kier molecular flexibility index (Phi) is 5.75. The van der Waals surface area contributed by atoms with E-state index in [1.165, 1.54) is 12.1 Å². The van der Waals surface area contributed by atoms with Crippen LogP contribution in [0.15, 0.2) is 28.4 Å². The zero-order valence-electron chi connectivity index (χ0n) is 15.1. The Morgan fingerprint density at radius 3 is 2.64 bits per heavy atom. The number of rotatable bonds is 4. The number of alkyl halides is 3. The molecular weight excluding hydrogens is 395 g/mol. The highest BCUT2D eigenvalue weighted by molar-refractivity contribution is 7.80. The first-order valence-corrected chi connectivity index (χ1v) is 9.09. The standard InChI is InChI=1S/C17H20F3N5O2S/c1-10-4-6-24(7-5-10)9-25-13-3-2-11(27-17(18,19)20)8-12(13)14(15(25)26)22-23-16(21)28/h2-3,8,10,26H,4-7,9H2,1H3,(H2,21,28). The number of fused-ring (bicyclic) bond motifs is 1. The van der Waals surface area contributed by atoms with Crippen LogP contribution < -0.4 is 10.5 Å². The summed E-state index contributed by atoms with van der Waals surface area (Å²) in [5, 5.41) is 18.1. The van der Waals surface area contributed by atoms with E-state index in [9.17, 15) is 18.3 Å². The molecule has 1 saturated heterocycles. The van der Waals surface area contributed by atoms with Crippen LogP contribution in [0, 0.1) is 5.92 Å². The van der Waals surface area contributed by atoms with Crippen molar-refractivity contribution in [3.05, 3.63) is 18.2 Å². The first-order valence-electron chi connectivity index (χ1n) is 8.68. The minimum Gasteiger partial charge on any atom is -0.493 e. The summed E-state index contributed by atoms with van der Waals surface area (Å²) in [4.78, 5) is 2.16. The van der Waals surface area contributed by atoms with Crippen LogP contribution in [-0.4, -0.2) is 39.1 Å². The number of thiocarbonyl (C=S) groups is 1. The third kappa shape index (κ3) is 4.71. The molecule has 1 aromatic heterocycles. The van der Waals surface area contributed by atoms with E-state index in [0.717, 1.165) is 32.0 Å². The smallest absolute Gasteiger partial charge is 0.493 e. The van der Waals surface area contributed by atoms with Gasteiger partial charge in [-0.1, -0.05) is 6.92 Å². The van der Waals surface area contributed by atoms with Gasteiger partial charge in [0.2, 0.25) is 11.0 Å². The van der Waals surface area contributed by atoms with Gasteiger partial charge in [0.05, 0.1) is 12.2 Å². The lowest BCUT2D eigenvalue weighted by molar-refractivity contribution is -0.274. The second kappa shape index (κ2) is 7.92. The molecule has 1 aliphatic heterocycles. The summed E-state index contributed by atoms with van der Waals surface area (Å²) in [6.45, 7) is 4.28. The van der Waals surface area contributed by atoms with E-state index in [4.69, 9.17) is 5.73 Å². The summed E-state index contributed by atoms with van der Waals surface area (Å²) < 4.78 is 43.2. The van der Waals surface area contributed by atoms with Crippen molar-refractivity contribution in [1.82, 2.24) is 9.47 Å². The zero-order chi connectivity index (χ0) is 20.5. The zero-order valence-corrected chi connectivity index (χ0v) is 15.9. The molecule has 1 aliphatic rings. The fourth-order valence-electron chi connectivity index (χ4n) is 3.24. The average Bonchev–Trinajstić information content (AvgIpc) is 2.85. The van der Waals surface area contributed by atoms with Crippen LogP contribution in [0.4, 0.5) is 18.9 Å². The van der Waals surface area contributed by atoms with Crippen LogP contribution >= 0.6 is 12.2 Å². The Hall–Kier alpha value is -2.40. The Bertz CT molecular complexity index is 904. The van der Waals surface area contributed by atoms with Crippen LogP contribution in [0.3, 0.4) is 0 Å². The number of nitrogens with two attached hydrogens (primary N) is 1. The number of piperidine rings is 1. The van der Waals surface area contributed by atoms with Gasteiger partial charge in [-0.25, -0.2) is 0 Å². The topological polar surface area (TPSA) is 88.4 Å². The molecule has 7 nitrogen and oxygen atoms in total. The number of benzene rings is 1. The van der Waals surface area contributed by atoms with Gasteiger partial charge in [-0.15, -0.1) is 23.4 Å². The van der Waals surface area contributed by atoms with Gasteiger partial charge >= 0.3 is 6.36 Å². The van der Waals surface area contributed by atoms with Crippen molar-refractivity contribution < 1.29 is 23.0 Å². The molecule has 0 amide bonds. The summed E-state index contributed by atoms with van der Waals surface area (Å²) in [6.07, 6.45) is -2.75. The Balaban J connectivity index is 2.02. The van der Waals surface area contributed by atoms with Crippen LogP contribution in [0.2, 0.25) is 0 Å². The molecule has 0 saturated carbocycles. The molecule has 2 aromatic rings. The summed E-state index contributed by atoms with van der Waals surface area (Å²) in [5.41, 5.74) is 5.81. The first kappa shape index (κ1) is 20.3. The molecule has 152 valence electrons. The molecule has 0 atom stereocenters. The Morgan fingerprint density at radius 1 is 1.36 bits per heavy atom. The molecule has 11 heteroatoms. The molecule has 0 aliphatic carbocycles. The van der Waals surface area contributed by atoms with Crippen LogP contribution in [0.5, 0.6) is 11.6 Å². The molecule has 0 spiro atoms. The number of halogens is 3. The summed E-state index contributed by atoms with van der Waals surface area (Å²) in [7, 11) is 0. The maximum Gasteiger partial charge on any atom is 0.573 e. The minimum absolute atomic E-state index is 0.0131. The number of ether oxygens (including phenoxy) is 1. The number of aromatic hydroxyl groups is 1. The van der Waals surface area contributed by atoms with Gasteiger partial charge in [0.15, 0.2) is 5.69 Å². The summed E-state index contributed by atoms with van der Waals surface area (Å²) in [6, 6.07) is 3.80. The number of hydrogen-bond donors (Lipinski definition) is 2. The number of aromatic nitrogens is 1. The number of likely N-dealkylation sites (tertiary alicyclic amines) is 1. The lowest BCUT2D eigenvalue weighted by Gasteiger charge is -2.30. The molecule has 0 bridgehead atoms. The van der Waals surface area contributed by atoms with E-state index in [0.29, 0.717) is 18.1 Å². The normalized spacial score (nSPS) is 16.9. The van der Waals surface area contributed by atoms with Crippen molar-refractivity contribution in [3.63, 3.8) is 0 Å². The fraction of sp³-hybridized carbons (Fsp3) is 0.471. The van der Waals surface area contributed by atoms with Crippen LogP contribution in [0.1, 0.15) is 19.8 Å². The summed E-state index contributed by atoms with van der Waals surface area (Å²) >= 11 is 4.65. The second-order valence-electron chi connectivity index (χ2n) is 6.81. The molecule has 2 heterocycles. The lowest BCUT2D eigenvalue weighted by Crippen LogP contribution is -2.34. The monoisotopic (exact) mass is 415 g/mol. The van der Waals surface area contributed by atoms with Crippen molar-refractivity contribution in [2.75, 3.05) is 13.1 Å².